The van der Waals surface area contributed by atoms with Gasteiger partial charge >= 0.3 is 0 Å². The Bertz CT molecular complexity index is 638. The van der Waals surface area contributed by atoms with Crippen LogP contribution in [0.5, 0.6) is 0 Å². The summed E-state index contributed by atoms with van der Waals surface area (Å²) >= 11 is 18.6. The highest BCUT2D eigenvalue weighted by atomic mass is 35.5. The van der Waals surface area contributed by atoms with Crippen molar-refractivity contribution in [3.05, 3.63) is 32.5 Å². The van der Waals surface area contributed by atoms with Crippen molar-refractivity contribution in [2.75, 3.05) is 13.7 Å². The first-order chi connectivity index (χ1) is 9.95. The second kappa shape index (κ2) is 7.21. The number of methoxy groups -OCH3 is 1. The molecule has 0 radical (unpaired) electrons. The summed E-state index contributed by atoms with van der Waals surface area (Å²) in [4.78, 5) is 0. The highest BCUT2D eigenvalue weighted by Gasteiger charge is 2.20. The average Bonchev–Trinajstić information content (AvgIpc) is 2.76. The van der Waals surface area contributed by atoms with Gasteiger partial charge in [0, 0.05) is 18.1 Å². The zero-order valence-corrected chi connectivity index (χ0v) is 14.5. The minimum absolute atomic E-state index is 0.391. The van der Waals surface area contributed by atoms with Gasteiger partial charge in [-0.3, -0.25) is 0 Å². The Balaban J connectivity index is 2.47. The fraction of sp³-hybridized carbons (Fsp3) is 0.467. The van der Waals surface area contributed by atoms with E-state index in [1.165, 1.54) is 0 Å². The molecule has 0 bridgehead atoms. The van der Waals surface area contributed by atoms with Gasteiger partial charge in [-0.2, -0.15) is 0 Å². The van der Waals surface area contributed by atoms with Crippen molar-refractivity contribution in [3.63, 3.8) is 0 Å². The van der Waals surface area contributed by atoms with Crippen molar-refractivity contribution in [2.45, 2.75) is 27.0 Å². The largest absolute Gasteiger partial charge is 0.458 e. The van der Waals surface area contributed by atoms with Gasteiger partial charge in [0.25, 0.3) is 0 Å². The van der Waals surface area contributed by atoms with Crippen LogP contribution in [0.4, 0.5) is 0 Å². The maximum absolute atomic E-state index is 6.31. The van der Waals surface area contributed by atoms with Crippen molar-refractivity contribution in [1.82, 2.24) is 5.32 Å². The van der Waals surface area contributed by atoms with Crippen molar-refractivity contribution in [1.29, 1.82) is 0 Å². The van der Waals surface area contributed by atoms with Crippen LogP contribution in [0.3, 0.4) is 0 Å². The molecule has 2 aromatic rings. The molecule has 21 heavy (non-hydrogen) atoms. The fourth-order valence-electron chi connectivity index (χ4n) is 2.19. The summed E-state index contributed by atoms with van der Waals surface area (Å²) in [5.41, 5.74) is 1.44. The molecule has 0 saturated carbocycles. The number of nitrogens with one attached hydrogen (secondary N) is 1. The normalized spacial score (nSPS) is 11.8. The molecule has 0 aliphatic rings. The number of benzene rings is 1. The van der Waals surface area contributed by atoms with Crippen LogP contribution < -0.4 is 5.32 Å². The van der Waals surface area contributed by atoms with Crippen LogP contribution in [0.1, 0.15) is 25.2 Å². The van der Waals surface area contributed by atoms with Gasteiger partial charge in [-0.15, -0.1) is 0 Å². The van der Waals surface area contributed by atoms with E-state index in [4.69, 9.17) is 44.0 Å². The number of hydrogen-bond acceptors (Lipinski definition) is 3. The topological polar surface area (TPSA) is 34.4 Å². The molecule has 6 heteroatoms. The third-order valence-corrected chi connectivity index (χ3v) is 4.19. The molecule has 0 aliphatic heterocycles. The summed E-state index contributed by atoms with van der Waals surface area (Å²) in [5, 5.41) is 5.39. The standard InChI is InChI=1S/C15H18Cl3NO2/c1-8(2)5-19-6-12-9(7-20-3)13-14(18)10(16)4-11(17)15(13)21-12/h4,8,19H,5-7H2,1-3H3. The molecule has 0 unspecified atom stereocenters. The highest BCUT2D eigenvalue weighted by Crippen LogP contribution is 2.41. The molecule has 0 fully saturated rings. The Morgan fingerprint density at radius 2 is 1.95 bits per heavy atom. The van der Waals surface area contributed by atoms with Gasteiger partial charge in [0.1, 0.15) is 5.76 Å². The predicted octanol–water partition coefficient (Wildman–Crippen LogP) is 5.29. The van der Waals surface area contributed by atoms with Gasteiger partial charge in [0.15, 0.2) is 5.58 Å². The Kier molecular flexibility index (Phi) is 5.81. The summed E-state index contributed by atoms with van der Waals surface area (Å²) in [6, 6.07) is 1.60. The maximum Gasteiger partial charge on any atom is 0.154 e. The van der Waals surface area contributed by atoms with Crippen molar-refractivity contribution >= 4 is 45.8 Å². The van der Waals surface area contributed by atoms with Gasteiger partial charge < -0.3 is 14.5 Å². The smallest absolute Gasteiger partial charge is 0.154 e. The third-order valence-electron chi connectivity index (χ3n) is 3.12. The minimum Gasteiger partial charge on any atom is -0.458 e. The van der Waals surface area contributed by atoms with Gasteiger partial charge in [0.05, 0.1) is 28.2 Å². The first kappa shape index (κ1) is 16.9. The Hall–Kier alpha value is -0.450. The monoisotopic (exact) mass is 349 g/mol. The predicted molar refractivity (Wildman–Crippen MR) is 88.5 cm³/mol. The van der Waals surface area contributed by atoms with Crippen LogP contribution in [0.25, 0.3) is 11.0 Å². The molecule has 1 N–H and O–H groups in total. The maximum atomic E-state index is 6.31. The van der Waals surface area contributed by atoms with E-state index in [2.05, 4.69) is 19.2 Å². The summed E-state index contributed by atoms with van der Waals surface area (Å²) in [6.07, 6.45) is 0. The molecule has 0 saturated heterocycles. The van der Waals surface area contributed by atoms with E-state index in [0.717, 1.165) is 23.3 Å². The zero-order chi connectivity index (χ0) is 15.6. The van der Waals surface area contributed by atoms with E-state index < -0.39 is 0 Å². The van der Waals surface area contributed by atoms with Crippen LogP contribution in [-0.4, -0.2) is 13.7 Å². The van der Waals surface area contributed by atoms with Crippen molar-refractivity contribution < 1.29 is 9.15 Å². The van der Waals surface area contributed by atoms with Crippen LogP contribution in [0, 0.1) is 5.92 Å². The van der Waals surface area contributed by atoms with Crippen molar-refractivity contribution in [3.8, 4) is 0 Å². The molecular weight excluding hydrogens is 333 g/mol. The summed E-state index contributed by atoms with van der Waals surface area (Å²) in [7, 11) is 1.63. The lowest BCUT2D eigenvalue weighted by atomic mass is 10.1. The minimum atomic E-state index is 0.391. The molecule has 3 nitrogen and oxygen atoms in total. The van der Waals surface area contributed by atoms with E-state index in [9.17, 15) is 0 Å². The summed E-state index contributed by atoms with van der Waals surface area (Å²) < 4.78 is 11.1. The summed E-state index contributed by atoms with van der Waals surface area (Å²) in [5.74, 6) is 1.33. The number of rotatable bonds is 6. The molecular formula is C15H18Cl3NO2. The van der Waals surface area contributed by atoms with Crippen LogP contribution in [0.2, 0.25) is 15.1 Å². The number of ether oxygens (including phenoxy) is 1. The molecule has 1 heterocycles. The second-order valence-electron chi connectivity index (χ2n) is 5.32. The van der Waals surface area contributed by atoms with Gasteiger partial charge in [0.2, 0.25) is 0 Å². The molecule has 0 amide bonds. The Morgan fingerprint density at radius 3 is 2.57 bits per heavy atom. The number of hydrogen-bond donors (Lipinski definition) is 1. The van der Waals surface area contributed by atoms with Gasteiger partial charge in [-0.05, 0) is 18.5 Å². The second-order valence-corrected chi connectivity index (χ2v) is 6.51. The first-order valence-electron chi connectivity index (χ1n) is 6.73. The van der Waals surface area contributed by atoms with E-state index in [-0.39, 0.29) is 0 Å². The van der Waals surface area contributed by atoms with Gasteiger partial charge in [-0.1, -0.05) is 48.7 Å². The molecule has 0 aliphatic carbocycles. The molecule has 116 valence electrons. The zero-order valence-electron chi connectivity index (χ0n) is 12.2. The van der Waals surface area contributed by atoms with E-state index in [0.29, 0.717) is 39.7 Å². The van der Waals surface area contributed by atoms with E-state index in [1.807, 2.05) is 0 Å². The number of halogens is 3. The fourth-order valence-corrected chi connectivity index (χ4v) is 2.94. The number of fused-ring (bicyclic) bond motifs is 1. The summed E-state index contributed by atoms with van der Waals surface area (Å²) in [6.45, 7) is 6.17. The van der Waals surface area contributed by atoms with Crippen molar-refractivity contribution in [2.24, 2.45) is 5.92 Å². The lowest BCUT2D eigenvalue weighted by Gasteiger charge is -2.07. The van der Waals surface area contributed by atoms with Crippen LogP contribution in [0.15, 0.2) is 10.5 Å². The average molecular weight is 351 g/mol. The lowest BCUT2D eigenvalue weighted by Crippen LogP contribution is -2.19. The molecule has 1 aromatic heterocycles. The highest BCUT2D eigenvalue weighted by molar-refractivity contribution is 6.47. The van der Waals surface area contributed by atoms with Crippen LogP contribution in [-0.2, 0) is 17.9 Å². The molecule has 1 aromatic carbocycles. The van der Waals surface area contributed by atoms with Gasteiger partial charge in [-0.25, -0.2) is 0 Å². The Labute approximate surface area is 139 Å². The molecule has 0 spiro atoms. The lowest BCUT2D eigenvalue weighted by molar-refractivity contribution is 0.183. The van der Waals surface area contributed by atoms with E-state index in [1.54, 1.807) is 13.2 Å². The first-order valence-corrected chi connectivity index (χ1v) is 7.86. The van der Waals surface area contributed by atoms with E-state index >= 15 is 0 Å². The Morgan fingerprint density at radius 1 is 1.24 bits per heavy atom. The SMILES string of the molecule is COCc1c(CNCC(C)C)oc2c(Cl)cc(Cl)c(Cl)c12. The van der Waals surface area contributed by atoms with Crippen LogP contribution >= 0.6 is 34.8 Å². The third kappa shape index (κ3) is 3.66. The molecule has 0 atom stereocenters. The number of furan rings is 1. The quantitative estimate of drug-likeness (QED) is 0.719. The molecule has 2 rings (SSSR count).